The third kappa shape index (κ3) is 25.1. The first-order chi connectivity index (χ1) is 33.0. The summed E-state index contributed by atoms with van der Waals surface area (Å²) in [7, 11) is 0. The van der Waals surface area contributed by atoms with Gasteiger partial charge in [0.1, 0.15) is 30.2 Å². The number of ketones is 1. The zero-order chi connectivity index (χ0) is 54.2. The van der Waals surface area contributed by atoms with Gasteiger partial charge in [-0.05, 0) is 65.2 Å². The summed E-state index contributed by atoms with van der Waals surface area (Å²) in [5.74, 6) is -10.3. The van der Waals surface area contributed by atoms with Crippen molar-refractivity contribution in [3.8, 4) is 0 Å². The summed E-state index contributed by atoms with van der Waals surface area (Å²) in [6.45, 7) is 12.0. The molecule has 0 radical (unpaired) electrons. The number of hydrogen-bond acceptors (Lipinski definition) is 15. The molecule has 0 unspecified atom stereocenters. The number of aliphatic carboxylic acids is 1. The molecular formula is C44H76N14O13. The number of aromatic nitrogens is 2. The van der Waals surface area contributed by atoms with Crippen molar-refractivity contribution in [1.29, 1.82) is 5.41 Å². The van der Waals surface area contributed by atoms with Crippen LogP contribution in [0.25, 0.3) is 0 Å². The molecule has 7 atom stereocenters. The molecule has 0 bridgehead atoms. The summed E-state index contributed by atoms with van der Waals surface area (Å²) in [5, 5.41) is 59.1. The van der Waals surface area contributed by atoms with E-state index in [1.165, 1.54) is 6.33 Å². The Morgan fingerprint density at radius 2 is 1.20 bits per heavy atom. The number of carbonyl (C=O) groups is 10. The molecule has 71 heavy (non-hydrogen) atoms. The van der Waals surface area contributed by atoms with E-state index in [1.807, 2.05) is 34.6 Å². The van der Waals surface area contributed by atoms with E-state index < -0.39 is 151 Å². The number of primary amides is 1. The van der Waals surface area contributed by atoms with E-state index in [0.717, 1.165) is 0 Å². The fourth-order valence-electron chi connectivity index (χ4n) is 6.82. The first-order valence-electron chi connectivity index (χ1n) is 23.2. The molecule has 1 aromatic heterocycles. The van der Waals surface area contributed by atoms with Gasteiger partial charge in [-0.25, -0.2) is 4.98 Å². The number of nitrogens with one attached hydrogen (secondary N) is 11. The molecule has 1 heterocycles. The summed E-state index contributed by atoms with van der Waals surface area (Å²) in [6.07, 6.45) is 1.54. The number of hydrogen-bond donors (Lipinski definition) is 16. The highest BCUT2D eigenvalue weighted by atomic mass is 16.4. The minimum absolute atomic E-state index is 0.0411. The molecule has 1 rings (SSSR count). The second kappa shape index (κ2) is 30.1. The van der Waals surface area contributed by atoms with Gasteiger partial charge >= 0.3 is 5.97 Å². The van der Waals surface area contributed by atoms with Gasteiger partial charge in [0.2, 0.25) is 47.3 Å². The highest BCUT2D eigenvalue weighted by Gasteiger charge is 2.36. The van der Waals surface area contributed by atoms with E-state index in [0.29, 0.717) is 12.1 Å². The average molecular weight is 1010 g/mol. The lowest BCUT2D eigenvalue weighted by atomic mass is 9.84. The van der Waals surface area contributed by atoms with E-state index in [1.54, 1.807) is 27.0 Å². The molecule has 0 saturated heterocycles. The highest BCUT2D eigenvalue weighted by Crippen LogP contribution is 2.20. The maximum Gasteiger partial charge on any atom is 0.305 e. The molecule has 0 aliphatic heterocycles. The second-order valence-electron chi connectivity index (χ2n) is 19.4. The molecule has 8 amide bonds. The quantitative estimate of drug-likeness (QED) is 0.0185. The zero-order valence-electron chi connectivity index (χ0n) is 41.8. The molecule has 0 aliphatic rings. The first-order valence-corrected chi connectivity index (χ1v) is 23.2. The van der Waals surface area contributed by atoms with Crippen molar-refractivity contribution in [3.05, 3.63) is 18.2 Å². The third-order valence-electron chi connectivity index (χ3n) is 10.2. The predicted octanol–water partition coefficient (Wildman–Crippen LogP) is -4.23. The summed E-state index contributed by atoms with van der Waals surface area (Å²) < 4.78 is 0. The molecule has 1 aromatic rings. The smallest absolute Gasteiger partial charge is 0.305 e. The van der Waals surface area contributed by atoms with Gasteiger partial charge in [0, 0.05) is 30.3 Å². The fraction of sp³-hybridized carbons (Fsp3) is 0.682. The monoisotopic (exact) mass is 1010 g/mol. The Morgan fingerprint density at radius 3 is 1.69 bits per heavy atom. The predicted molar refractivity (Wildman–Crippen MR) is 256 cm³/mol. The number of aryl methyl sites for hydroxylation is 1. The number of carboxylic acids is 1. The molecule has 27 nitrogen and oxygen atoms in total. The van der Waals surface area contributed by atoms with Crippen LogP contribution in [0.1, 0.15) is 106 Å². The molecule has 18 N–H and O–H groups in total. The molecule has 0 aliphatic carbocycles. The van der Waals surface area contributed by atoms with Crippen LogP contribution in [0.4, 0.5) is 0 Å². The molecule has 0 spiro atoms. The number of aliphatic hydroxyl groups excluding tert-OH is 2. The number of guanidine groups is 1. The van der Waals surface area contributed by atoms with Crippen LogP contribution in [-0.2, 0) is 54.4 Å². The van der Waals surface area contributed by atoms with Crippen molar-refractivity contribution in [2.45, 2.75) is 155 Å². The minimum Gasteiger partial charge on any atom is -0.481 e. The molecule has 0 fully saturated rings. The van der Waals surface area contributed by atoms with E-state index in [9.17, 15) is 63.3 Å². The number of H-pyrrole nitrogens is 1. The van der Waals surface area contributed by atoms with E-state index in [4.69, 9.17) is 16.9 Å². The van der Waals surface area contributed by atoms with Gasteiger partial charge < -0.3 is 79.6 Å². The lowest BCUT2D eigenvalue weighted by molar-refractivity contribution is -0.142. The standard InChI is InChI=1S/C44H76N14O13/c1-23(2)16-30(58-44(6,7)8)40(70)54-27(13-15-59)36(66)50-20-33(62)52-26(10-9-14-49-42(46)47)37(67)57-31(21-60)41(71)56-29(18-34(63)64)39(69)55-28(17-32(45)61)38(68)53-25(35(65)43(3,4)5)12-11-24-19-48-22-51-24/h19,22-23,25-31,58-60H,9-18,20-21H2,1-8H3,(H2,45,61)(H,48,51)(H,50,66)(H,52,62)(H,53,68)(H,54,70)(H,55,69)(H,56,71)(H,57,67)(H,63,64)(H4,46,47,49)/t25-,26-,27-,28+,29-,30+,31+/m1/s1. The number of carboxylic acid groups (broad SMARTS) is 1. The number of rotatable bonds is 32. The van der Waals surface area contributed by atoms with Crippen LogP contribution in [0.5, 0.6) is 0 Å². The molecular weight excluding hydrogens is 933 g/mol. The number of nitrogens with zero attached hydrogens (tertiary/aromatic N) is 1. The van der Waals surface area contributed by atoms with E-state index in [-0.39, 0.29) is 44.6 Å². The number of aromatic amines is 1. The Bertz CT molecular complexity index is 1990. The number of carbonyl (C=O) groups excluding carboxylic acids is 9. The van der Waals surface area contributed by atoms with Gasteiger partial charge in [-0.15, -0.1) is 0 Å². The average Bonchev–Trinajstić information content (AvgIpc) is 3.78. The molecule has 27 heteroatoms. The van der Waals surface area contributed by atoms with Crippen molar-refractivity contribution < 1.29 is 63.3 Å². The van der Waals surface area contributed by atoms with Crippen LogP contribution >= 0.6 is 0 Å². The van der Waals surface area contributed by atoms with Crippen LogP contribution < -0.4 is 59.3 Å². The Labute approximate surface area is 412 Å². The van der Waals surface area contributed by atoms with Gasteiger partial charge in [-0.3, -0.25) is 53.4 Å². The summed E-state index contributed by atoms with van der Waals surface area (Å²) >= 11 is 0. The van der Waals surface area contributed by atoms with Crippen LogP contribution in [0.15, 0.2) is 12.5 Å². The van der Waals surface area contributed by atoms with E-state index >= 15 is 0 Å². The summed E-state index contributed by atoms with van der Waals surface area (Å²) in [6, 6.07) is -10.2. The van der Waals surface area contributed by atoms with Crippen molar-refractivity contribution in [1.82, 2.24) is 57.8 Å². The van der Waals surface area contributed by atoms with Gasteiger partial charge in [0.05, 0.1) is 50.1 Å². The van der Waals surface area contributed by atoms with Crippen LogP contribution in [0, 0.1) is 16.7 Å². The van der Waals surface area contributed by atoms with Gasteiger partial charge in [-0.1, -0.05) is 34.6 Å². The molecule has 400 valence electrons. The normalized spacial score (nSPS) is 14.5. The lowest BCUT2D eigenvalue weighted by Crippen LogP contribution is -2.60. The Balaban J connectivity index is 3.25. The van der Waals surface area contributed by atoms with Crippen LogP contribution in [0.2, 0.25) is 0 Å². The van der Waals surface area contributed by atoms with Crippen molar-refractivity contribution in [2.75, 3.05) is 26.3 Å². The largest absolute Gasteiger partial charge is 0.481 e. The Morgan fingerprint density at radius 1 is 0.676 bits per heavy atom. The highest BCUT2D eigenvalue weighted by molar-refractivity contribution is 5.99. The molecule has 0 saturated carbocycles. The Kier molecular flexibility index (Phi) is 26.4. The third-order valence-corrected chi connectivity index (χ3v) is 10.2. The molecule has 0 aromatic carbocycles. The lowest BCUT2D eigenvalue weighted by Gasteiger charge is -2.30. The Hall–Kier alpha value is -6.74. The second-order valence-corrected chi connectivity index (χ2v) is 19.4. The number of imidazole rings is 1. The van der Waals surface area contributed by atoms with Gasteiger partial charge in [0.15, 0.2) is 11.7 Å². The number of amides is 8. The topological polar surface area (TPSA) is 444 Å². The van der Waals surface area contributed by atoms with Crippen molar-refractivity contribution >= 4 is 65.0 Å². The fourth-order valence-corrected chi connectivity index (χ4v) is 6.82. The van der Waals surface area contributed by atoms with Crippen LogP contribution in [-0.4, -0.2) is 164 Å². The van der Waals surface area contributed by atoms with Crippen molar-refractivity contribution in [3.63, 3.8) is 0 Å². The minimum atomic E-state index is -1.99. The summed E-state index contributed by atoms with van der Waals surface area (Å²) in [4.78, 5) is 138. The van der Waals surface area contributed by atoms with Gasteiger partial charge in [0.25, 0.3) is 0 Å². The SMILES string of the molecule is CC(C)C[C@H](NC(C)(C)C)C(=O)N[C@H](CCO)C(=O)NCC(=O)N[C@H](CCCNC(=N)N)C(=O)N[C@@H](CO)C(=O)N[C@H](CC(=O)O)C(=O)N[C@@H](CC(N)=O)C(=O)N[C@H](CCc1c[nH]cn1)C(=O)C(C)(C)C. The number of Topliss-reactive ketones (excluding diaryl/α,β-unsaturated/α-hetero) is 1. The van der Waals surface area contributed by atoms with E-state index in [2.05, 4.69) is 57.8 Å². The first kappa shape index (κ1) is 62.3. The number of aliphatic hydroxyl groups is 2. The maximum absolute atomic E-state index is 13.6. The zero-order valence-corrected chi connectivity index (χ0v) is 41.8. The summed E-state index contributed by atoms with van der Waals surface area (Å²) in [5.41, 5.74) is 9.88. The van der Waals surface area contributed by atoms with Crippen molar-refractivity contribution in [2.24, 2.45) is 22.8 Å². The van der Waals surface area contributed by atoms with Gasteiger partial charge in [-0.2, -0.15) is 0 Å². The van der Waals surface area contributed by atoms with Crippen LogP contribution in [0.3, 0.4) is 0 Å². The maximum atomic E-state index is 13.6. The number of nitrogens with two attached hydrogens (primary N) is 2.